The Morgan fingerprint density at radius 3 is 2.78 bits per heavy atom. The van der Waals surface area contributed by atoms with Crippen molar-refractivity contribution in [1.29, 1.82) is 0 Å². The van der Waals surface area contributed by atoms with E-state index in [1.54, 1.807) is 6.07 Å². The Morgan fingerprint density at radius 2 is 2.17 bits per heavy atom. The molecule has 2 aliphatic rings. The van der Waals surface area contributed by atoms with Crippen LogP contribution in [0.3, 0.4) is 0 Å². The minimum Gasteiger partial charge on any atom is -0.355 e. The first kappa shape index (κ1) is 11.4. The molecule has 1 saturated carbocycles. The second kappa shape index (κ2) is 4.23. The molecule has 1 aromatic heterocycles. The molecular formula is C13H17N3O2. The van der Waals surface area contributed by atoms with E-state index in [-0.39, 0.29) is 12.1 Å². The third-order valence-electron chi connectivity index (χ3n) is 4.28. The third kappa shape index (κ3) is 1.83. The van der Waals surface area contributed by atoms with Gasteiger partial charge in [0, 0.05) is 19.2 Å². The van der Waals surface area contributed by atoms with E-state index in [9.17, 15) is 9.59 Å². The second-order valence-electron chi connectivity index (χ2n) is 5.40. The smallest absolute Gasteiger partial charge is 0.267 e. The first-order valence-corrected chi connectivity index (χ1v) is 6.49. The summed E-state index contributed by atoms with van der Waals surface area (Å²) in [6.45, 7) is 2.08. The summed E-state index contributed by atoms with van der Waals surface area (Å²) in [5.74, 6) is 0.820. The van der Waals surface area contributed by atoms with Crippen LogP contribution in [-0.2, 0) is 11.3 Å². The fourth-order valence-corrected chi connectivity index (χ4v) is 3.02. The minimum absolute atomic E-state index is 0.0334. The number of hydrogen-bond acceptors (Lipinski definition) is 4. The number of aromatic nitrogens is 2. The van der Waals surface area contributed by atoms with Gasteiger partial charge in [0.2, 0.25) is 0 Å². The molecule has 0 unspecified atom stereocenters. The molecule has 1 saturated heterocycles. The molecule has 3 rings (SSSR count). The van der Waals surface area contributed by atoms with Crippen molar-refractivity contribution in [1.82, 2.24) is 9.78 Å². The summed E-state index contributed by atoms with van der Waals surface area (Å²) in [6, 6.07) is 3.26. The highest BCUT2D eigenvalue weighted by atomic mass is 16.1. The van der Waals surface area contributed by atoms with Gasteiger partial charge in [-0.3, -0.25) is 4.79 Å². The Hall–Kier alpha value is -1.65. The van der Waals surface area contributed by atoms with Crippen molar-refractivity contribution in [3.05, 3.63) is 22.5 Å². The topological polar surface area (TPSA) is 55.2 Å². The lowest BCUT2D eigenvalue weighted by Crippen LogP contribution is -2.34. The molecular weight excluding hydrogens is 230 g/mol. The predicted octanol–water partition coefficient (Wildman–Crippen LogP) is 0.823. The maximum absolute atomic E-state index is 11.5. The van der Waals surface area contributed by atoms with Gasteiger partial charge in [0.15, 0.2) is 0 Å². The first-order valence-electron chi connectivity index (χ1n) is 6.49. The highest BCUT2D eigenvalue weighted by Crippen LogP contribution is 2.48. The van der Waals surface area contributed by atoms with Crippen LogP contribution >= 0.6 is 0 Å². The van der Waals surface area contributed by atoms with E-state index < -0.39 is 0 Å². The maximum Gasteiger partial charge on any atom is 0.267 e. The highest BCUT2D eigenvalue weighted by Gasteiger charge is 2.43. The summed E-state index contributed by atoms with van der Waals surface area (Å²) in [4.78, 5) is 24.2. The molecule has 5 nitrogen and oxygen atoms in total. The lowest BCUT2D eigenvalue weighted by molar-refractivity contribution is -0.108. The Morgan fingerprint density at radius 1 is 1.33 bits per heavy atom. The summed E-state index contributed by atoms with van der Waals surface area (Å²) in [5, 5.41) is 4.27. The van der Waals surface area contributed by atoms with E-state index in [1.807, 2.05) is 0 Å². The standard InChI is InChI=1S/C13H17N3O2/c17-9-8-16-12(18)3-2-11(14-16)15-7-6-13(10-15)4-1-5-13/h2-3,9H,1,4-8,10H2. The molecule has 2 fully saturated rings. The zero-order valence-corrected chi connectivity index (χ0v) is 10.3. The van der Waals surface area contributed by atoms with E-state index in [0.717, 1.165) is 18.9 Å². The Labute approximate surface area is 105 Å². The van der Waals surface area contributed by atoms with Crippen LogP contribution in [0.2, 0.25) is 0 Å². The largest absolute Gasteiger partial charge is 0.355 e. The van der Waals surface area contributed by atoms with Crippen molar-refractivity contribution in [2.24, 2.45) is 5.41 Å². The summed E-state index contributed by atoms with van der Waals surface area (Å²) in [6.07, 6.45) is 5.90. The predicted molar refractivity (Wildman–Crippen MR) is 67.7 cm³/mol. The SMILES string of the molecule is O=CCn1nc(N2CCC3(CCC3)C2)ccc1=O. The number of carbonyl (C=O) groups is 1. The second-order valence-corrected chi connectivity index (χ2v) is 5.40. The van der Waals surface area contributed by atoms with Gasteiger partial charge in [-0.1, -0.05) is 6.42 Å². The first-order chi connectivity index (χ1) is 8.72. The molecule has 0 N–H and O–H groups in total. The molecule has 5 heteroatoms. The van der Waals surface area contributed by atoms with Gasteiger partial charge in [-0.15, -0.1) is 0 Å². The zero-order chi connectivity index (χ0) is 12.6. The van der Waals surface area contributed by atoms with E-state index in [0.29, 0.717) is 11.7 Å². The van der Waals surface area contributed by atoms with Crippen molar-refractivity contribution in [2.75, 3.05) is 18.0 Å². The fraction of sp³-hybridized carbons (Fsp3) is 0.615. The van der Waals surface area contributed by atoms with Gasteiger partial charge in [-0.05, 0) is 30.7 Å². The quantitative estimate of drug-likeness (QED) is 0.742. The fourth-order valence-electron chi connectivity index (χ4n) is 3.02. The molecule has 0 aromatic carbocycles. The number of anilines is 1. The molecule has 2 heterocycles. The van der Waals surface area contributed by atoms with Gasteiger partial charge in [0.05, 0.1) is 0 Å². The average Bonchev–Trinajstić information content (AvgIpc) is 2.77. The Bertz CT molecular complexity index is 519. The van der Waals surface area contributed by atoms with Gasteiger partial charge < -0.3 is 9.69 Å². The lowest BCUT2D eigenvalue weighted by atomic mass is 9.68. The van der Waals surface area contributed by atoms with Gasteiger partial charge in [-0.2, -0.15) is 5.10 Å². The van der Waals surface area contributed by atoms with E-state index in [1.165, 1.54) is 36.4 Å². The number of carbonyl (C=O) groups excluding carboxylic acids is 1. The van der Waals surface area contributed by atoms with Gasteiger partial charge >= 0.3 is 0 Å². The van der Waals surface area contributed by atoms with Crippen LogP contribution in [0.4, 0.5) is 5.82 Å². The number of rotatable bonds is 3. The Kier molecular flexibility index (Phi) is 2.69. The van der Waals surface area contributed by atoms with Crippen LogP contribution in [0.15, 0.2) is 16.9 Å². The molecule has 1 aliphatic carbocycles. The van der Waals surface area contributed by atoms with E-state index in [4.69, 9.17) is 0 Å². The molecule has 18 heavy (non-hydrogen) atoms. The van der Waals surface area contributed by atoms with Crippen molar-refractivity contribution in [2.45, 2.75) is 32.2 Å². The van der Waals surface area contributed by atoms with Crippen LogP contribution in [0.1, 0.15) is 25.7 Å². The third-order valence-corrected chi connectivity index (χ3v) is 4.28. The molecule has 0 bridgehead atoms. The summed E-state index contributed by atoms with van der Waals surface area (Å²) in [7, 11) is 0. The van der Waals surface area contributed by atoms with Gasteiger partial charge in [-0.25, -0.2) is 4.68 Å². The lowest BCUT2D eigenvalue weighted by Gasteiger charge is -2.38. The van der Waals surface area contributed by atoms with E-state index >= 15 is 0 Å². The molecule has 96 valence electrons. The van der Waals surface area contributed by atoms with Crippen molar-refractivity contribution in [3.63, 3.8) is 0 Å². The molecule has 1 aliphatic heterocycles. The average molecular weight is 247 g/mol. The molecule has 0 atom stereocenters. The number of nitrogens with zero attached hydrogens (tertiary/aromatic N) is 3. The molecule has 0 radical (unpaired) electrons. The minimum atomic E-state index is -0.219. The number of hydrogen-bond donors (Lipinski definition) is 0. The van der Waals surface area contributed by atoms with Crippen LogP contribution < -0.4 is 10.5 Å². The van der Waals surface area contributed by atoms with Crippen LogP contribution in [0.25, 0.3) is 0 Å². The molecule has 1 aromatic rings. The van der Waals surface area contributed by atoms with E-state index in [2.05, 4.69) is 10.00 Å². The van der Waals surface area contributed by atoms with Gasteiger partial charge in [0.25, 0.3) is 5.56 Å². The van der Waals surface area contributed by atoms with Crippen LogP contribution in [0, 0.1) is 5.41 Å². The van der Waals surface area contributed by atoms with Crippen LogP contribution in [-0.4, -0.2) is 29.2 Å². The summed E-state index contributed by atoms with van der Waals surface area (Å²) >= 11 is 0. The molecule has 1 spiro atoms. The van der Waals surface area contributed by atoms with Crippen molar-refractivity contribution >= 4 is 12.1 Å². The normalized spacial score (nSPS) is 21.0. The Balaban J connectivity index is 1.82. The van der Waals surface area contributed by atoms with Crippen molar-refractivity contribution < 1.29 is 4.79 Å². The zero-order valence-electron chi connectivity index (χ0n) is 10.3. The molecule has 0 amide bonds. The highest BCUT2D eigenvalue weighted by molar-refractivity contribution is 5.49. The van der Waals surface area contributed by atoms with Crippen molar-refractivity contribution in [3.8, 4) is 0 Å². The van der Waals surface area contributed by atoms with Gasteiger partial charge in [0.1, 0.15) is 18.6 Å². The van der Waals surface area contributed by atoms with Crippen LogP contribution in [0.5, 0.6) is 0 Å². The summed E-state index contributed by atoms with van der Waals surface area (Å²) < 4.78 is 1.23. The summed E-state index contributed by atoms with van der Waals surface area (Å²) in [5.41, 5.74) is 0.288. The number of aldehydes is 1. The monoisotopic (exact) mass is 247 g/mol. The maximum atomic E-state index is 11.5.